The molecule has 0 atom stereocenters. The third-order valence-electron chi connectivity index (χ3n) is 2.55. The highest BCUT2D eigenvalue weighted by Gasteiger charge is 2.14. The summed E-state index contributed by atoms with van der Waals surface area (Å²) >= 11 is 4.94. The van der Waals surface area contributed by atoms with Crippen LogP contribution in [0.2, 0.25) is 0 Å². The zero-order valence-corrected chi connectivity index (χ0v) is 13.5. The molecule has 0 N–H and O–H groups in total. The van der Waals surface area contributed by atoms with Crippen LogP contribution >= 0.6 is 27.3 Å². The van der Waals surface area contributed by atoms with Gasteiger partial charge in [-0.25, -0.2) is 0 Å². The Bertz CT molecular complexity index is 582. The highest BCUT2D eigenvalue weighted by atomic mass is 79.9. The highest BCUT2D eigenvalue weighted by Crippen LogP contribution is 2.28. The Morgan fingerprint density at radius 1 is 1.32 bits per heavy atom. The number of hydrogen-bond donors (Lipinski definition) is 0. The molecule has 2 nitrogen and oxygen atoms in total. The summed E-state index contributed by atoms with van der Waals surface area (Å²) in [6.07, 6.45) is 0.100. The minimum absolute atomic E-state index is 0.0352. The van der Waals surface area contributed by atoms with Gasteiger partial charge < -0.3 is 4.74 Å². The van der Waals surface area contributed by atoms with Gasteiger partial charge in [0.05, 0.1) is 11.0 Å². The SMILES string of the molecule is Cc1sc(C(=O)c2cccc(OC(C)C)c2)cc1Br. The molecule has 1 heterocycles. The first-order valence-corrected chi connectivity index (χ1v) is 7.65. The van der Waals surface area contributed by atoms with Crippen LogP contribution < -0.4 is 4.74 Å². The Morgan fingerprint density at radius 2 is 2.05 bits per heavy atom. The summed E-state index contributed by atoms with van der Waals surface area (Å²) in [6, 6.07) is 9.20. The van der Waals surface area contributed by atoms with Crippen LogP contribution in [0.1, 0.15) is 34.0 Å². The molecule has 0 unspecified atom stereocenters. The van der Waals surface area contributed by atoms with Crippen molar-refractivity contribution in [1.29, 1.82) is 0 Å². The minimum Gasteiger partial charge on any atom is -0.491 e. The topological polar surface area (TPSA) is 26.3 Å². The van der Waals surface area contributed by atoms with Crippen molar-refractivity contribution in [2.45, 2.75) is 26.9 Å². The molecule has 0 aliphatic rings. The van der Waals surface area contributed by atoms with Gasteiger partial charge in [-0.05, 0) is 54.9 Å². The molecule has 0 aliphatic heterocycles. The molecule has 19 heavy (non-hydrogen) atoms. The van der Waals surface area contributed by atoms with E-state index >= 15 is 0 Å². The van der Waals surface area contributed by atoms with E-state index in [0.29, 0.717) is 5.56 Å². The van der Waals surface area contributed by atoms with E-state index in [1.807, 2.05) is 45.0 Å². The van der Waals surface area contributed by atoms with Crippen molar-refractivity contribution in [3.05, 3.63) is 50.1 Å². The Labute approximate surface area is 125 Å². The Morgan fingerprint density at radius 3 is 2.63 bits per heavy atom. The number of carbonyl (C=O) groups excluding carboxylic acids is 1. The van der Waals surface area contributed by atoms with E-state index in [-0.39, 0.29) is 11.9 Å². The second-order valence-corrected chi connectivity index (χ2v) is 6.65. The lowest BCUT2D eigenvalue weighted by molar-refractivity contribution is 0.104. The lowest BCUT2D eigenvalue weighted by Crippen LogP contribution is -2.06. The van der Waals surface area contributed by atoms with Crippen molar-refractivity contribution in [2.75, 3.05) is 0 Å². The predicted molar refractivity (Wildman–Crippen MR) is 82.4 cm³/mol. The fourth-order valence-electron chi connectivity index (χ4n) is 1.70. The summed E-state index contributed by atoms with van der Waals surface area (Å²) in [5.41, 5.74) is 0.659. The van der Waals surface area contributed by atoms with E-state index in [0.717, 1.165) is 20.0 Å². The van der Waals surface area contributed by atoms with Crippen molar-refractivity contribution >= 4 is 33.0 Å². The molecule has 0 fully saturated rings. The van der Waals surface area contributed by atoms with Crippen molar-refractivity contribution in [2.24, 2.45) is 0 Å². The lowest BCUT2D eigenvalue weighted by atomic mass is 10.1. The van der Waals surface area contributed by atoms with Gasteiger partial charge in [-0.15, -0.1) is 11.3 Å². The smallest absolute Gasteiger partial charge is 0.203 e. The summed E-state index contributed by atoms with van der Waals surface area (Å²) in [5, 5.41) is 0. The van der Waals surface area contributed by atoms with Gasteiger partial charge in [0.1, 0.15) is 5.75 Å². The summed E-state index contributed by atoms with van der Waals surface area (Å²) in [4.78, 5) is 14.2. The average molecular weight is 339 g/mol. The van der Waals surface area contributed by atoms with Crippen molar-refractivity contribution < 1.29 is 9.53 Å². The van der Waals surface area contributed by atoms with Crippen LogP contribution in [-0.4, -0.2) is 11.9 Å². The second kappa shape index (κ2) is 5.88. The van der Waals surface area contributed by atoms with E-state index in [2.05, 4.69) is 15.9 Å². The van der Waals surface area contributed by atoms with Crippen molar-refractivity contribution in [3.8, 4) is 5.75 Å². The summed E-state index contributed by atoms with van der Waals surface area (Å²) < 4.78 is 6.59. The van der Waals surface area contributed by atoms with E-state index in [4.69, 9.17) is 4.74 Å². The maximum atomic E-state index is 12.4. The Balaban J connectivity index is 2.28. The van der Waals surface area contributed by atoms with Gasteiger partial charge in [0, 0.05) is 14.9 Å². The average Bonchev–Trinajstić information content (AvgIpc) is 2.68. The number of thiophene rings is 1. The van der Waals surface area contributed by atoms with Crippen LogP contribution in [-0.2, 0) is 0 Å². The molecule has 0 spiro atoms. The number of halogens is 1. The zero-order chi connectivity index (χ0) is 14.0. The number of benzene rings is 1. The molecule has 1 aromatic heterocycles. The number of rotatable bonds is 4. The molecule has 0 radical (unpaired) electrons. The normalized spacial score (nSPS) is 10.8. The Hall–Kier alpha value is -1.13. The quantitative estimate of drug-likeness (QED) is 0.745. The predicted octanol–water partition coefficient (Wildman–Crippen LogP) is 4.84. The molecule has 2 rings (SSSR count). The molecular weight excluding hydrogens is 324 g/mol. The number of aryl methyl sites for hydroxylation is 1. The summed E-state index contributed by atoms with van der Waals surface area (Å²) in [7, 11) is 0. The van der Waals surface area contributed by atoms with Crippen LogP contribution in [0.3, 0.4) is 0 Å². The van der Waals surface area contributed by atoms with Crippen LogP contribution in [0.15, 0.2) is 34.8 Å². The van der Waals surface area contributed by atoms with E-state index < -0.39 is 0 Å². The third-order valence-corrected chi connectivity index (χ3v) is 4.68. The van der Waals surface area contributed by atoms with Gasteiger partial charge in [-0.2, -0.15) is 0 Å². The van der Waals surface area contributed by atoms with Gasteiger partial charge in [0.2, 0.25) is 5.78 Å². The number of carbonyl (C=O) groups is 1. The first kappa shape index (κ1) is 14.3. The maximum absolute atomic E-state index is 12.4. The maximum Gasteiger partial charge on any atom is 0.203 e. The number of hydrogen-bond acceptors (Lipinski definition) is 3. The van der Waals surface area contributed by atoms with Gasteiger partial charge in [-0.3, -0.25) is 4.79 Å². The van der Waals surface area contributed by atoms with Gasteiger partial charge in [0.15, 0.2) is 0 Å². The van der Waals surface area contributed by atoms with Gasteiger partial charge >= 0.3 is 0 Å². The summed E-state index contributed by atoms with van der Waals surface area (Å²) in [6.45, 7) is 5.92. The van der Waals surface area contributed by atoms with Crippen molar-refractivity contribution in [3.63, 3.8) is 0 Å². The molecule has 2 aromatic rings. The molecule has 0 saturated heterocycles. The first-order valence-electron chi connectivity index (χ1n) is 6.04. The molecule has 0 aliphatic carbocycles. The van der Waals surface area contributed by atoms with Crippen LogP contribution in [0.5, 0.6) is 5.75 Å². The second-order valence-electron chi connectivity index (χ2n) is 4.54. The van der Waals surface area contributed by atoms with E-state index in [1.165, 1.54) is 11.3 Å². The monoisotopic (exact) mass is 338 g/mol. The summed E-state index contributed by atoms with van der Waals surface area (Å²) in [5.74, 6) is 0.765. The van der Waals surface area contributed by atoms with Crippen LogP contribution in [0.25, 0.3) is 0 Å². The molecule has 4 heteroatoms. The van der Waals surface area contributed by atoms with Crippen LogP contribution in [0.4, 0.5) is 0 Å². The fourth-order valence-corrected chi connectivity index (χ4v) is 3.19. The third kappa shape index (κ3) is 3.45. The van der Waals surface area contributed by atoms with Crippen molar-refractivity contribution in [1.82, 2.24) is 0 Å². The number of ether oxygens (including phenoxy) is 1. The fraction of sp³-hybridized carbons (Fsp3) is 0.267. The molecule has 0 saturated carbocycles. The Kier molecular flexibility index (Phi) is 4.42. The number of ketones is 1. The first-order chi connectivity index (χ1) is 8.97. The standard InChI is InChI=1S/C15H15BrO2S/c1-9(2)18-12-6-4-5-11(7-12)15(17)14-8-13(16)10(3)19-14/h4-9H,1-3H3. The minimum atomic E-state index is 0.0352. The van der Waals surface area contributed by atoms with Gasteiger partial charge in [0.25, 0.3) is 0 Å². The molecular formula is C15H15BrO2S. The van der Waals surface area contributed by atoms with Gasteiger partial charge in [-0.1, -0.05) is 12.1 Å². The molecule has 0 amide bonds. The molecule has 1 aromatic carbocycles. The molecule has 0 bridgehead atoms. The lowest BCUT2D eigenvalue weighted by Gasteiger charge is -2.10. The molecule has 100 valence electrons. The largest absolute Gasteiger partial charge is 0.491 e. The van der Waals surface area contributed by atoms with E-state index in [1.54, 1.807) is 6.07 Å². The van der Waals surface area contributed by atoms with Crippen LogP contribution in [0, 0.1) is 6.92 Å². The van der Waals surface area contributed by atoms with E-state index in [9.17, 15) is 4.79 Å². The zero-order valence-electron chi connectivity index (χ0n) is 11.1. The highest BCUT2D eigenvalue weighted by molar-refractivity contribution is 9.10.